The third-order valence-corrected chi connectivity index (χ3v) is 3.54. The minimum absolute atomic E-state index is 0.198. The number of Topliss-reactive ketones (excluding diaryl/α,β-unsaturated/α-hetero) is 1. The lowest BCUT2D eigenvalue weighted by molar-refractivity contribution is 0.0993. The first-order valence-electron chi connectivity index (χ1n) is 5.81. The van der Waals surface area contributed by atoms with Gasteiger partial charge in [0, 0.05) is 17.4 Å². The summed E-state index contributed by atoms with van der Waals surface area (Å²) in [6.07, 6.45) is 0.495. The second-order valence-electron chi connectivity index (χ2n) is 4.51. The Hall–Kier alpha value is -1.41. The van der Waals surface area contributed by atoms with Crippen molar-refractivity contribution < 1.29 is 4.79 Å². The molecule has 0 saturated heterocycles. The number of thiophene rings is 1. The molecule has 0 aliphatic carbocycles. The van der Waals surface area contributed by atoms with Crippen molar-refractivity contribution in [3.63, 3.8) is 0 Å². The lowest BCUT2D eigenvalue weighted by Gasteiger charge is -2.06. The zero-order chi connectivity index (χ0) is 12.3. The van der Waals surface area contributed by atoms with Crippen LogP contribution in [-0.2, 0) is 6.42 Å². The Morgan fingerprint density at radius 3 is 2.41 bits per heavy atom. The molecule has 1 heterocycles. The van der Waals surface area contributed by atoms with Gasteiger partial charge in [0.05, 0.1) is 0 Å². The first-order valence-corrected chi connectivity index (χ1v) is 6.75. The highest BCUT2D eigenvalue weighted by atomic mass is 32.1. The summed E-state index contributed by atoms with van der Waals surface area (Å²) in [6, 6.07) is 10.2. The molecule has 2 aromatic rings. The molecule has 0 atom stereocenters. The van der Waals surface area contributed by atoms with Crippen molar-refractivity contribution in [1.29, 1.82) is 0 Å². The standard InChI is InChI=1S/C15H16OS/c1-11(2)13-5-3-12(4-6-13)9-15(16)14-7-8-17-10-14/h3-8,10-11H,9H2,1-2H3. The lowest BCUT2D eigenvalue weighted by Crippen LogP contribution is -2.02. The van der Waals surface area contributed by atoms with Crippen molar-refractivity contribution in [2.24, 2.45) is 0 Å². The number of ketones is 1. The van der Waals surface area contributed by atoms with Crippen molar-refractivity contribution in [1.82, 2.24) is 0 Å². The Balaban J connectivity index is 2.07. The minimum atomic E-state index is 0.198. The molecule has 0 aliphatic heterocycles. The smallest absolute Gasteiger partial charge is 0.168 e. The van der Waals surface area contributed by atoms with E-state index in [2.05, 4.69) is 38.1 Å². The van der Waals surface area contributed by atoms with Crippen LogP contribution in [-0.4, -0.2) is 5.78 Å². The zero-order valence-corrected chi connectivity index (χ0v) is 11.0. The molecule has 2 rings (SSSR count). The number of hydrogen-bond acceptors (Lipinski definition) is 2. The summed E-state index contributed by atoms with van der Waals surface area (Å²) in [5.41, 5.74) is 3.23. The fraction of sp³-hybridized carbons (Fsp3) is 0.267. The van der Waals surface area contributed by atoms with Gasteiger partial charge in [0.15, 0.2) is 5.78 Å². The summed E-state index contributed by atoms with van der Waals surface area (Å²) < 4.78 is 0. The highest BCUT2D eigenvalue weighted by Gasteiger charge is 2.07. The van der Waals surface area contributed by atoms with E-state index in [0.29, 0.717) is 12.3 Å². The highest BCUT2D eigenvalue weighted by molar-refractivity contribution is 7.08. The second-order valence-corrected chi connectivity index (χ2v) is 5.29. The number of carbonyl (C=O) groups is 1. The van der Waals surface area contributed by atoms with Crippen LogP contribution in [0.3, 0.4) is 0 Å². The summed E-state index contributed by atoms with van der Waals surface area (Å²) in [5.74, 6) is 0.736. The van der Waals surface area contributed by atoms with Gasteiger partial charge in [-0.3, -0.25) is 4.79 Å². The van der Waals surface area contributed by atoms with Crippen LogP contribution in [0.15, 0.2) is 41.1 Å². The van der Waals surface area contributed by atoms with E-state index in [-0.39, 0.29) is 5.78 Å². The Labute approximate surface area is 106 Å². The van der Waals surface area contributed by atoms with Crippen molar-refractivity contribution in [3.8, 4) is 0 Å². The minimum Gasteiger partial charge on any atom is -0.294 e. The molecule has 0 fully saturated rings. The molecule has 1 aromatic heterocycles. The van der Waals surface area contributed by atoms with Crippen LogP contribution in [0.4, 0.5) is 0 Å². The van der Waals surface area contributed by atoms with E-state index in [4.69, 9.17) is 0 Å². The van der Waals surface area contributed by atoms with Crippen molar-refractivity contribution >= 4 is 17.1 Å². The first-order chi connectivity index (χ1) is 8.16. The third kappa shape index (κ3) is 3.04. The fourth-order valence-electron chi connectivity index (χ4n) is 1.73. The normalized spacial score (nSPS) is 10.8. The molecule has 88 valence electrons. The molecule has 0 spiro atoms. The first kappa shape index (κ1) is 12.1. The number of carbonyl (C=O) groups excluding carboxylic acids is 1. The third-order valence-electron chi connectivity index (χ3n) is 2.85. The monoisotopic (exact) mass is 244 g/mol. The van der Waals surface area contributed by atoms with E-state index in [9.17, 15) is 4.79 Å². The van der Waals surface area contributed by atoms with Crippen LogP contribution in [0.5, 0.6) is 0 Å². The Kier molecular flexibility index (Phi) is 3.75. The molecular formula is C15H16OS. The van der Waals surface area contributed by atoms with Gasteiger partial charge in [-0.1, -0.05) is 38.1 Å². The largest absolute Gasteiger partial charge is 0.294 e. The summed E-state index contributed by atoms with van der Waals surface area (Å²) in [6.45, 7) is 4.34. The van der Waals surface area contributed by atoms with E-state index in [1.165, 1.54) is 5.56 Å². The molecule has 0 N–H and O–H groups in total. The molecular weight excluding hydrogens is 228 g/mol. The van der Waals surface area contributed by atoms with Gasteiger partial charge in [-0.05, 0) is 28.5 Å². The van der Waals surface area contributed by atoms with Gasteiger partial charge >= 0.3 is 0 Å². The molecule has 0 saturated carbocycles. The van der Waals surface area contributed by atoms with E-state index >= 15 is 0 Å². The quantitative estimate of drug-likeness (QED) is 0.733. The Morgan fingerprint density at radius 1 is 1.18 bits per heavy atom. The average Bonchev–Trinajstić information content (AvgIpc) is 2.83. The van der Waals surface area contributed by atoms with E-state index in [0.717, 1.165) is 11.1 Å². The second kappa shape index (κ2) is 5.28. The lowest BCUT2D eigenvalue weighted by atomic mass is 9.99. The van der Waals surface area contributed by atoms with E-state index in [1.54, 1.807) is 11.3 Å². The summed E-state index contributed by atoms with van der Waals surface area (Å²) in [7, 11) is 0. The molecule has 1 nitrogen and oxygen atoms in total. The van der Waals surface area contributed by atoms with Gasteiger partial charge in [0.1, 0.15) is 0 Å². The van der Waals surface area contributed by atoms with Crippen molar-refractivity contribution in [2.45, 2.75) is 26.2 Å². The van der Waals surface area contributed by atoms with Gasteiger partial charge in [-0.15, -0.1) is 0 Å². The van der Waals surface area contributed by atoms with Crippen LogP contribution < -0.4 is 0 Å². The highest BCUT2D eigenvalue weighted by Crippen LogP contribution is 2.16. The number of hydrogen-bond donors (Lipinski definition) is 0. The van der Waals surface area contributed by atoms with Crippen LogP contribution in [0, 0.1) is 0 Å². The number of rotatable bonds is 4. The predicted octanol–water partition coefficient (Wildman–Crippen LogP) is 4.30. The van der Waals surface area contributed by atoms with Gasteiger partial charge in [-0.2, -0.15) is 11.3 Å². The van der Waals surface area contributed by atoms with Crippen molar-refractivity contribution in [2.75, 3.05) is 0 Å². The molecule has 0 radical (unpaired) electrons. The average molecular weight is 244 g/mol. The van der Waals surface area contributed by atoms with Crippen LogP contribution in [0.2, 0.25) is 0 Å². The van der Waals surface area contributed by atoms with E-state index < -0.39 is 0 Å². The molecule has 0 amide bonds. The fourth-order valence-corrected chi connectivity index (χ4v) is 2.39. The summed E-state index contributed by atoms with van der Waals surface area (Å²) in [5, 5.41) is 3.85. The van der Waals surface area contributed by atoms with Gasteiger partial charge < -0.3 is 0 Å². The number of benzene rings is 1. The maximum atomic E-state index is 11.9. The molecule has 0 unspecified atom stereocenters. The van der Waals surface area contributed by atoms with Gasteiger partial charge in [0.25, 0.3) is 0 Å². The Bertz CT molecular complexity index is 480. The SMILES string of the molecule is CC(C)c1ccc(CC(=O)c2ccsc2)cc1. The summed E-state index contributed by atoms with van der Waals surface area (Å²) >= 11 is 1.56. The maximum absolute atomic E-state index is 11.9. The molecule has 1 aromatic carbocycles. The van der Waals surface area contributed by atoms with Crippen LogP contribution in [0.1, 0.15) is 41.3 Å². The van der Waals surface area contributed by atoms with Gasteiger partial charge in [-0.25, -0.2) is 0 Å². The maximum Gasteiger partial charge on any atom is 0.168 e. The molecule has 0 bridgehead atoms. The van der Waals surface area contributed by atoms with Gasteiger partial charge in [0.2, 0.25) is 0 Å². The molecule has 0 aliphatic rings. The van der Waals surface area contributed by atoms with E-state index in [1.807, 2.05) is 16.8 Å². The zero-order valence-electron chi connectivity index (χ0n) is 10.1. The Morgan fingerprint density at radius 2 is 1.88 bits per heavy atom. The topological polar surface area (TPSA) is 17.1 Å². The van der Waals surface area contributed by atoms with Crippen LogP contribution >= 0.6 is 11.3 Å². The summed E-state index contributed by atoms with van der Waals surface area (Å²) in [4.78, 5) is 11.9. The van der Waals surface area contributed by atoms with Crippen molar-refractivity contribution in [3.05, 3.63) is 57.8 Å². The molecule has 17 heavy (non-hydrogen) atoms. The molecule has 2 heteroatoms. The predicted molar refractivity (Wildman–Crippen MR) is 72.9 cm³/mol. The van der Waals surface area contributed by atoms with Crippen LogP contribution in [0.25, 0.3) is 0 Å².